The van der Waals surface area contributed by atoms with E-state index < -0.39 is 17.6 Å². The smallest absolute Gasteiger partial charge is 0.340 e. The van der Waals surface area contributed by atoms with Gasteiger partial charge in [-0.25, -0.2) is 9.86 Å². The van der Waals surface area contributed by atoms with Gasteiger partial charge in [0.15, 0.2) is 11.0 Å². The van der Waals surface area contributed by atoms with E-state index in [2.05, 4.69) is 0 Å². The minimum atomic E-state index is -1.21. The summed E-state index contributed by atoms with van der Waals surface area (Å²) < 4.78 is 10.6. The van der Waals surface area contributed by atoms with Gasteiger partial charge in [0.1, 0.15) is 11.8 Å². The van der Waals surface area contributed by atoms with Crippen molar-refractivity contribution >= 4 is 22.6 Å². The van der Waals surface area contributed by atoms with E-state index in [1.165, 1.54) is 13.4 Å². The molecule has 0 N–H and O–H groups in total. The molecule has 0 aliphatic carbocycles. The molecule has 2 heterocycles. The van der Waals surface area contributed by atoms with Gasteiger partial charge < -0.3 is 9.15 Å². The number of anilines is 1. The average molecular weight is 379 g/mol. The normalized spacial score (nSPS) is 21.8. The molecular weight excluding hydrogens is 358 g/mol. The first kappa shape index (κ1) is 18.3. The number of carbonyl (C=O) groups is 1. The lowest BCUT2D eigenvalue weighted by Gasteiger charge is -2.26. The van der Waals surface area contributed by atoms with E-state index in [4.69, 9.17) is 14.0 Å². The lowest BCUT2D eigenvalue weighted by Crippen LogP contribution is -2.37. The van der Waals surface area contributed by atoms with Gasteiger partial charge in [-0.15, -0.1) is 0 Å². The van der Waals surface area contributed by atoms with Crippen molar-refractivity contribution in [3.05, 3.63) is 76.1 Å². The van der Waals surface area contributed by atoms with Crippen LogP contribution in [0.3, 0.4) is 0 Å². The second kappa shape index (κ2) is 6.80. The predicted octanol–water partition coefficient (Wildman–Crippen LogP) is 3.92. The Balaban J connectivity index is 1.84. The van der Waals surface area contributed by atoms with Crippen molar-refractivity contribution in [1.29, 1.82) is 0 Å². The molecule has 2 unspecified atom stereocenters. The molecule has 28 heavy (non-hydrogen) atoms. The Kier molecular flexibility index (Phi) is 4.43. The third-order valence-corrected chi connectivity index (χ3v) is 5.14. The zero-order valence-electron chi connectivity index (χ0n) is 16.0. The molecule has 6 heteroatoms. The van der Waals surface area contributed by atoms with Gasteiger partial charge in [0.2, 0.25) is 0 Å². The number of hydrogen-bond donors (Lipinski definition) is 0. The van der Waals surface area contributed by atoms with Crippen molar-refractivity contribution in [1.82, 2.24) is 0 Å². The molecule has 6 nitrogen and oxygen atoms in total. The van der Waals surface area contributed by atoms with Gasteiger partial charge in [-0.1, -0.05) is 29.8 Å². The largest absolute Gasteiger partial charge is 0.467 e. The van der Waals surface area contributed by atoms with Crippen LogP contribution in [0.1, 0.15) is 30.5 Å². The zero-order valence-corrected chi connectivity index (χ0v) is 16.0. The molecule has 144 valence electrons. The third-order valence-electron chi connectivity index (χ3n) is 5.14. The molecule has 0 amide bonds. The molecule has 1 saturated heterocycles. The number of rotatable bonds is 3. The Morgan fingerprint density at radius 3 is 2.61 bits per heavy atom. The highest BCUT2D eigenvalue weighted by atomic mass is 16.7. The zero-order chi connectivity index (χ0) is 19.9. The first-order chi connectivity index (χ1) is 13.4. The summed E-state index contributed by atoms with van der Waals surface area (Å²) in [6, 6.07) is 14.3. The van der Waals surface area contributed by atoms with Crippen LogP contribution in [-0.4, -0.2) is 18.7 Å². The average Bonchev–Trinajstić information content (AvgIpc) is 3.07. The first-order valence-electron chi connectivity index (χ1n) is 9.07. The Morgan fingerprint density at radius 2 is 1.89 bits per heavy atom. The van der Waals surface area contributed by atoms with Gasteiger partial charge in [-0.2, -0.15) is 0 Å². The number of hydroxylamine groups is 1. The fourth-order valence-electron chi connectivity index (χ4n) is 3.59. The second-order valence-electron chi connectivity index (χ2n) is 7.21. The Morgan fingerprint density at radius 1 is 1.18 bits per heavy atom. The topological polar surface area (TPSA) is 69.0 Å². The van der Waals surface area contributed by atoms with Crippen LogP contribution >= 0.6 is 0 Å². The number of carbonyl (C=O) groups excluding carboxylic acids is 1. The summed E-state index contributed by atoms with van der Waals surface area (Å²) in [5.74, 6) is -0.489. The molecule has 2 atom stereocenters. The fraction of sp³-hybridized carbons (Fsp3) is 0.273. The molecule has 1 aliphatic rings. The number of methoxy groups -OCH3 is 1. The molecule has 1 aromatic heterocycles. The van der Waals surface area contributed by atoms with Gasteiger partial charge in [0, 0.05) is 6.42 Å². The SMILES string of the molecule is COC(=O)C1(C)CC(c2coc3ccccc3c2=O)N(c2ccc(C)cc2)O1. The maximum atomic E-state index is 13.1. The van der Waals surface area contributed by atoms with Crippen LogP contribution in [-0.2, 0) is 14.4 Å². The minimum Gasteiger partial charge on any atom is -0.467 e. The van der Waals surface area contributed by atoms with E-state index in [1.54, 1.807) is 30.2 Å². The van der Waals surface area contributed by atoms with Gasteiger partial charge in [-0.05, 0) is 38.1 Å². The van der Waals surface area contributed by atoms with Gasteiger partial charge in [0.25, 0.3) is 0 Å². The molecule has 1 fully saturated rings. The molecule has 4 rings (SSSR count). The Hall–Kier alpha value is -3.12. The summed E-state index contributed by atoms with van der Waals surface area (Å²) in [6.45, 7) is 3.66. The van der Waals surface area contributed by atoms with Crippen LogP contribution in [0.15, 0.2) is 64.0 Å². The summed E-state index contributed by atoms with van der Waals surface area (Å²) in [4.78, 5) is 31.5. The van der Waals surface area contributed by atoms with Crippen LogP contribution in [0.5, 0.6) is 0 Å². The van der Waals surface area contributed by atoms with Crippen molar-refractivity contribution in [2.45, 2.75) is 31.9 Å². The lowest BCUT2D eigenvalue weighted by atomic mass is 9.94. The quantitative estimate of drug-likeness (QED) is 0.643. The lowest BCUT2D eigenvalue weighted by molar-refractivity contribution is -0.163. The van der Waals surface area contributed by atoms with Crippen LogP contribution in [0.25, 0.3) is 11.0 Å². The molecule has 2 aromatic carbocycles. The molecule has 0 radical (unpaired) electrons. The number of esters is 1. The standard InChI is InChI=1S/C22H21NO5/c1-14-8-10-15(11-9-14)23-18(12-22(2,28-23)21(25)26-3)17-13-27-19-7-5-4-6-16(19)20(17)24/h4-11,13,18H,12H2,1-3H3. The fourth-order valence-corrected chi connectivity index (χ4v) is 3.59. The molecule has 0 spiro atoms. The van der Waals surface area contributed by atoms with Gasteiger partial charge in [0.05, 0.1) is 29.8 Å². The highest BCUT2D eigenvalue weighted by Gasteiger charge is 2.50. The summed E-state index contributed by atoms with van der Waals surface area (Å²) in [5.41, 5.74) is 1.46. The number of fused-ring (bicyclic) bond motifs is 1. The summed E-state index contributed by atoms with van der Waals surface area (Å²) in [7, 11) is 1.32. The number of benzene rings is 2. The van der Waals surface area contributed by atoms with Crippen molar-refractivity contribution in [2.24, 2.45) is 0 Å². The van der Waals surface area contributed by atoms with Crippen LogP contribution in [0.4, 0.5) is 5.69 Å². The summed E-state index contributed by atoms with van der Waals surface area (Å²) in [6.07, 6.45) is 1.72. The van der Waals surface area contributed by atoms with Crippen molar-refractivity contribution < 1.29 is 18.8 Å². The molecule has 3 aromatic rings. The summed E-state index contributed by atoms with van der Waals surface area (Å²) in [5, 5.41) is 2.10. The van der Waals surface area contributed by atoms with Crippen molar-refractivity contribution in [3.8, 4) is 0 Å². The number of ether oxygens (including phenoxy) is 1. The number of hydrogen-bond acceptors (Lipinski definition) is 6. The molecular formula is C22H21NO5. The van der Waals surface area contributed by atoms with Gasteiger partial charge >= 0.3 is 5.97 Å². The highest BCUT2D eigenvalue weighted by Crippen LogP contribution is 2.43. The van der Waals surface area contributed by atoms with E-state index in [1.807, 2.05) is 37.3 Å². The molecule has 1 aliphatic heterocycles. The van der Waals surface area contributed by atoms with Crippen LogP contribution in [0, 0.1) is 6.92 Å². The second-order valence-corrected chi connectivity index (χ2v) is 7.21. The maximum Gasteiger partial charge on any atom is 0.340 e. The molecule has 0 bridgehead atoms. The Labute approximate surface area is 162 Å². The highest BCUT2D eigenvalue weighted by molar-refractivity contribution is 5.80. The van der Waals surface area contributed by atoms with E-state index in [-0.39, 0.29) is 11.8 Å². The Bertz CT molecular complexity index is 1090. The number of nitrogens with zero attached hydrogens (tertiary/aromatic N) is 1. The van der Waals surface area contributed by atoms with Crippen LogP contribution in [0.2, 0.25) is 0 Å². The summed E-state index contributed by atoms with van der Waals surface area (Å²) >= 11 is 0. The van der Waals surface area contributed by atoms with Crippen molar-refractivity contribution in [3.63, 3.8) is 0 Å². The molecule has 0 saturated carbocycles. The van der Waals surface area contributed by atoms with E-state index >= 15 is 0 Å². The van der Waals surface area contributed by atoms with Gasteiger partial charge in [-0.3, -0.25) is 9.63 Å². The maximum absolute atomic E-state index is 13.1. The van der Waals surface area contributed by atoms with Crippen LogP contribution < -0.4 is 10.5 Å². The van der Waals surface area contributed by atoms with E-state index in [0.717, 1.165) is 11.3 Å². The first-order valence-corrected chi connectivity index (χ1v) is 9.07. The third kappa shape index (κ3) is 2.96. The van der Waals surface area contributed by atoms with Crippen molar-refractivity contribution in [2.75, 3.05) is 12.2 Å². The van der Waals surface area contributed by atoms with E-state index in [9.17, 15) is 9.59 Å². The number of aryl methyl sites for hydroxylation is 1. The predicted molar refractivity (Wildman–Crippen MR) is 105 cm³/mol. The monoisotopic (exact) mass is 379 g/mol. The number of para-hydroxylation sites is 1. The minimum absolute atomic E-state index is 0.137. The van der Waals surface area contributed by atoms with E-state index in [0.29, 0.717) is 16.5 Å².